The first-order valence-electron chi connectivity index (χ1n) is 12.6. The molecule has 208 valence electrons. The van der Waals surface area contributed by atoms with E-state index in [0.717, 1.165) is 11.1 Å². The van der Waals surface area contributed by atoms with E-state index in [1.54, 1.807) is 31.3 Å². The molecule has 11 nitrogen and oxygen atoms in total. The van der Waals surface area contributed by atoms with Crippen molar-refractivity contribution in [2.24, 2.45) is 0 Å². The lowest BCUT2D eigenvalue weighted by molar-refractivity contribution is -0.384. The monoisotopic (exact) mass is 546 g/mol. The Morgan fingerprint density at radius 2 is 1.70 bits per heavy atom. The average Bonchev–Trinajstić information content (AvgIpc) is 3.46. The van der Waals surface area contributed by atoms with Crippen molar-refractivity contribution in [2.45, 2.75) is 19.4 Å². The second kappa shape index (κ2) is 13.9. The van der Waals surface area contributed by atoms with Crippen molar-refractivity contribution in [3.05, 3.63) is 99.9 Å². The second-order valence-electron chi connectivity index (χ2n) is 8.87. The van der Waals surface area contributed by atoms with Crippen LogP contribution in [0.2, 0.25) is 0 Å². The van der Waals surface area contributed by atoms with Crippen LogP contribution in [0.25, 0.3) is 11.4 Å². The van der Waals surface area contributed by atoms with Crippen LogP contribution in [0, 0.1) is 10.1 Å². The number of hydrogen-bond donors (Lipinski definition) is 0. The number of methoxy groups -OCH3 is 2. The van der Waals surface area contributed by atoms with Crippen molar-refractivity contribution in [3.8, 4) is 22.9 Å². The number of rotatable bonds is 14. The predicted octanol–water partition coefficient (Wildman–Crippen LogP) is 4.49. The van der Waals surface area contributed by atoms with Gasteiger partial charge < -0.3 is 23.6 Å². The molecule has 0 spiro atoms. The number of benzene rings is 3. The summed E-state index contributed by atoms with van der Waals surface area (Å²) < 4.78 is 21.8. The minimum atomic E-state index is -0.480. The maximum atomic E-state index is 13.2. The van der Waals surface area contributed by atoms with Crippen molar-refractivity contribution in [1.82, 2.24) is 15.0 Å². The number of nitrogens with zero attached hydrogens (tertiary/aromatic N) is 4. The number of nitro groups is 1. The average molecular weight is 547 g/mol. The quantitative estimate of drug-likeness (QED) is 0.166. The molecule has 4 rings (SSSR count). The van der Waals surface area contributed by atoms with Gasteiger partial charge in [-0.1, -0.05) is 53.7 Å². The van der Waals surface area contributed by atoms with E-state index in [-0.39, 0.29) is 24.0 Å². The number of aromatic nitrogens is 2. The van der Waals surface area contributed by atoms with Gasteiger partial charge in [-0.25, -0.2) is 0 Å². The zero-order valence-corrected chi connectivity index (χ0v) is 22.3. The summed E-state index contributed by atoms with van der Waals surface area (Å²) in [7, 11) is 3.16. The molecule has 0 atom stereocenters. The molecule has 0 fully saturated rings. The van der Waals surface area contributed by atoms with Gasteiger partial charge >= 0.3 is 0 Å². The highest BCUT2D eigenvalue weighted by Crippen LogP contribution is 2.28. The molecule has 0 aliphatic carbocycles. The fourth-order valence-electron chi connectivity index (χ4n) is 4.05. The maximum Gasteiger partial charge on any atom is 0.270 e. The van der Waals surface area contributed by atoms with E-state index in [4.69, 9.17) is 18.7 Å². The SMILES string of the molecule is COc1ccc(CCN(CCc2nc(-c3cccc([N+](=O)[O-])c3)no2)C(=O)COCc2ccccc2)cc1OC. The lowest BCUT2D eigenvalue weighted by atomic mass is 10.1. The Labute approximate surface area is 231 Å². The molecule has 0 saturated heterocycles. The maximum absolute atomic E-state index is 13.2. The molecule has 3 aromatic carbocycles. The molecule has 40 heavy (non-hydrogen) atoms. The van der Waals surface area contributed by atoms with Gasteiger partial charge in [0.15, 0.2) is 11.5 Å². The highest BCUT2D eigenvalue weighted by Gasteiger charge is 2.18. The minimum absolute atomic E-state index is 0.0636. The number of amides is 1. The van der Waals surface area contributed by atoms with E-state index in [2.05, 4.69) is 10.1 Å². The van der Waals surface area contributed by atoms with E-state index < -0.39 is 4.92 Å². The first-order valence-corrected chi connectivity index (χ1v) is 12.6. The number of carbonyl (C=O) groups excluding carboxylic acids is 1. The van der Waals surface area contributed by atoms with Crippen molar-refractivity contribution in [1.29, 1.82) is 0 Å². The Kier molecular flexibility index (Phi) is 9.78. The topological polar surface area (TPSA) is 130 Å². The zero-order valence-electron chi connectivity index (χ0n) is 22.3. The third-order valence-corrected chi connectivity index (χ3v) is 6.19. The van der Waals surface area contributed by atoms with Gasteiger partial charge in [0.25, 0.3) is 5.69 Å². The van der Waals surface area contributed by atoms with E-state index >= 15 is 0 Å². The van der Waals surface area contributed by atoms with Crippen molar-refractivity contribution in [2.75, 3.05) is 33.9 Å². The Hall–Kier alpha value is -4.77. The van der Waals surface area contributed by atoms with E-state index in [0.29, 0.717) is 55.5 Å². The van der Waals surface area contributed by atoms with Gasteiger partial charge in [0.05, 0.1) is 25.7 Å². The largest absolute Gasteiger partial charge is 0.493 e. The number of non-ortho nitro benzene ring substituents is 1. The van der Waals surface area contributed by atoms with Crippen molar-refractivity contribution in [3.63, 3.8) is 0 Å². The van der Waals surface area contributed by atoms with E-state index in [1.165, 1.54) is 12.1 Å². The highest BCUT2D eigenvalue weighted by atomic mass is 16.6. The molecule has 11 heteroatoms. The Morgan fingerprint density at radius 3 is 2.45 bits per heavy atom. The third-order valence-electron chi connectivity index (χ3n) is 6.19. The summed E-state index contributed by atoms with van der Waals surface area (Å²) in [5.41, 5.74) is 2.37. The molecule has 0 radical (unpaired) electrons. The van der Waals surface area contributed by atoms with Gasteiger partial charge in [0, 0.05) is 37.2 Å². The zero-order chi connectivity index (χ0) is 28.3. The summed E-state index contributed by atoms with van der Waals surface area (Å²) in [6.07, 6.45) is 0.881. The first kappa shape index (κ1) is 28.2. The number of carbonyl (C=O) groups is 1. The standard InChI is InChI=1S/C29H30N4O7/c1-37-25-12-11-21(17-26(25)38-2)13-15-32(28(34)20-39-19-22-7-4-3-5-8-22)16-14-27-30-29(31-40-27)23-9-6-10-24(18-23)33(35)36/h3-12,17-18H,13-16,19-20H2,1-2H3. The van der Waals surface area contributed by atoms with Crippen molar-refractivity contribution >= 4 is 11.6 Å². The molecule has 1 heterocycles. The Balaban J connectivity index is 1.42. The molecule has 4 aromatic rings. The van der Waals surface area contributed by atoms with Crippen LogP contribution in [0.4, 0.5) is 5.69 Å². The third kappa shape index (κ3) is 7.64. The van der Waals surface area contributed by atoms with E-state index in [9.17, 15) is 14.9 Å². The Bertz CT molecular complexity index is 1420. The van der Waals surface area contributed by atoms with E-state index in [1.807, 2.05) is 48.5 Å². The normalized spacial score (nSPS) is 10.8. The first-order chi connectivity index (χ1) is 19.5. The van der Waals surface area contributed by atoms with Crippen LogP contribution in [0.5, 0.6) is 11.5 Å². The molecule has 0 aliphatic heterocycles. The molecular formula is C29H30N4O7. The highest BCUT2D eigenvalue weighted by molar-refractivity contribution is 5.77. The summed E-state index contributed by atoms with van der Waals surface area (Å²) in [5, 5.41) is 15.1. The molecule has 0 aliphatic rings. The number of hydrogen-bond acceptors (Lipinski definition) is 9. The molecular weight excluding hydrogens is 516 g/mol. The number of ether oxygens (including phenoxy) is 3. The van der Waals surface area contributed by atoms with Gasteiger partial charge in [-0.15, -0.1) is 0 Å². The summed E-state index contributed by atoms with van der Waals surface area (Å²) in [5.74, 6) is 1.63. The van der Waals surface area contributed by atoms with Crippen LogP contribution >= 0.6 is 0 Å². The fraction of sp³-hybridized carbons (Fsp3) is 0.276. The molecule has 0 N–H and O–H groups in total. The Morgan fingerprint density at radius 1 is 0.925 bits per heavy atom. The number of nitro benzene ring substituents is 1. The van der Waals surface area contributed by atoms with Gasteiger partial charge in [-0.3, -0.25) is 14.9 Å². The molecule has 0 bridgehead atoms. The fourth-order valence-corrected chi connectivity index (χ4v) is 4.05. The summed E-state index contributed by atoms with van der Waals surface area (Å²) in [6, 6.07) is 21.3. The second-order valence-corrected chi connectivity index (χ2v) is 8.87. The van der Waals surface area contributed by atoms with Crippen LogP contribution in [0.1, 0.15) is 17.0 Å². The smallest absolute Gasteiger partial charge is 0.270 e. The predicted molar refractivity (Wildman–Crippen MR) is 146 cm³/mol. The van der Waals surface area contributed by atoms with Crippen molar-refractivity contribution < 1.29 is 28.5 Å². The van der Waals surface area contributed by atoms with Crippen LogP contribution < -0.4 is 9.47 Å². The van der Waals surface area contributed by atoms with Gasteiger partial charge in [-0.2, -0.15) is 4.98 Å². The molecule has 0 unspecified atom stereocenters. The lowest BCUT2D eigenvalue weighted by Crippen LogP contribution is -2.37. The van der Waals surface area contributed by atoms with Gasteiger partial charge in [0.1, 0.15) is 6.61 Å². The van der Waals surface area contributed by atoms with Gasteiger partial charge in [0.2, 0.25) is 17.6 Å². The summed E-state index contributed by atoms with van der Waals surface area (Å²) in [4.78, 5) is 29.8. The minimum Gasteiger partial charge on any atom is -0.493 e. The molecule has 1 aromatic heterocycles. The van der Waals surface area contributed by atoms with Gasteiger partial charge in [-0.05, 0) is 29.7 Å². The molecule has 1 amide bonds. The summed E-state index contributed by atoms with van der Waals surface area (Å²) >= 11 is 0. The molecule has 0 saturated carbocycles. The van der Waals surface area contributed by atoms with Crippen LogP contribution in [-0.4, -0.2) is 59.8 Å². The van der Waals surface area contributed by atoms with Crippen LogP contribution in [0.3, 0.4) is 0 Å². The summed E-state index contributed by atoms with van der Waals surface area (Å²) in [6.45, 7) is 0.988. The van der Waals surface area contributed by atoms with Crippen LogP contribution in [0.15, 0.2) is 77.3 Å². The van der Waals surface area contributed by atoms with Crippen LogP contribution in [-0.2, 0) is 29.0 Å². The lowest BCUT2D eigenvalue weighted by Gasteiger charge is -2.22.